The van der Waals surface area contributed by atoms with Crippen LogP contribution in [0.1, 0.15) is 58.1 Å². The van der Waals surface area contributed by atoms with Crippen molar-refractivity contribution in [1.29, 1.82) is 0 Å². The predicted molar refractivity (Wildman–Crippen MR) is 83.0 cm³/mol. The highest BCUT2D eigenvalue weighted by atomic mass is 14.9. The lowest BCUT2D eigenvalue weighted by molar-refractivity contribution is 0.246. The molecule has 110 valence electrons. The maximum Gasteiger partial charge on any atom is 0.0234 e. The summed E-state index contributed by atoms with van der Waals surface area (Å²) in [4.78, 5) is 0. The summed E-state index contributed by atoms with van der Waals surface area (Å²) in [7, 11) is 0. The van der Waals surface area contributed by atoms with Crippen molar-refractivity contribution in [3.8, 4) is 0 Å². The van der Waals surface area contributed by atoms with E-state index in [0.29, 0.717) is 25.6 Å². The predicted octanol–water partition coefficient (Wildman–Crippen LogP) is 3.53. The summed E-state index contributed by atoms with van der Waals surface area (Å²) in [5, 5.41) is 6.89. The summed E-state index contributed by atoms with van der Waals surface area (Å²) in [6.07, 6.45) is 0. The van der Waals surface area contributed by atoms with E-state index in [9.17, 15) is 0 Å². The number of hydrogen-bond acceptors (Lipinski definition) is 2. The van der Waals surface area contributed by atoms with Gasteiger partial charge in [0, 0.05) is 15.8 Å². The molecule has 2 unspecified atom stereocenters. The first-order valence-corrected chi connectivity index (χ1v) is 7.12. The zero-order valence-electron chi connectivity index (χ0n) is 15.4. The van der Waals surface area contributed by atoms with Crippen LogP contribution in [0.3, 0.4) is 0 Å². The van der Waals surface area contributed by atoms with Gasteiger partial charge in [-0.15, -0.1) is 0 Å². The van der Waals surface area contributed by atoms with Crippen LogP contribution in [0.2, 0.25) is 0 Å². The molecule has 0 fully saturated rings. The van der Waals surface area contributed by atoms with E-state index in [0.717, 1.165) is 26.2 Å². The fourth-order valence-corrected chi connectivity index (χ4v) is 1.34. The van der Waals surface area contributed by atoms with Crippen LogP contribution in [0.5, 0.6) is 0 Å². The van der Waals surface area contributed by atoms with Crippen LogP contribution in [-0.4, -0.2) is 26.2 Å². The highest BCUT2D eigenvalue weighted by molar-refractivity contribution is 4.73. The number of nitrogens with one attached hydrogen (secondary N) is 2. The van der Waals surface area contributed by atoms with Gasteiger partial charge in [-0.05, 0) is 35.8 Å². The van der Waals surface area contributed by atoms with Gasteiger partial charge < -0.3 is 10.6 Å². The van der Waals surface area contributed by atoms with E-state index in [1.807, 2.05) is 0 Å². The Morgan fingerprint density at radius 2 is 1.11 bits per heavy atom. The molecule has 0 rings (SSSR count). The Bertz CT molecular complexity index is 218. The van der Waals surface area contributed by atoms with Crippen molar-refractivity contribution in [3.63, 3.8) is 0 Å². The van der Waals surface area contributed by atoms with Gasteiger partial charge >= 0.3 is 0 Å². The highest BCUT2D eigenvalue weighted by Gasteiger charge is 2.20. The molecule has 0 heterocycles. The van der Waals surface area contributed by atoms with Crippen LogP contribution in [-0.2, 0) is 0 Å². The van der Waals surface area contributed by atoms with Gasteiger partial charge in [0.15, 0.2) is 0 Å². The Hall–Kier alpha value is -0.0800. The van der Waals surface area contributed by atoms with Crippen molar-refractivity contribution in [1.82, 2.24) is 10.6 Å². The molecule has 0 aromatic heterocycles. The van der Waals surface area contributed by atoms with Gasteiger partial charge in [-0.25, -0.2) is 0 Å². The van der Waals surface area contributed by atoms with E-state index >= 15 is 0 Å². The first kappa shape index (κ1) is 14.3. The van der Waals surface area contributed by atoms with E-state index < -0.39 is 0 Å². The largest absolute Gasteiger partial charge is 0.315 e. The third kappa shape index (κ3) is 8.10. The quantitative estimate of drug-likeness (QED) is 0.683. The second-order valence-corrected chi connectivity index (χ2v) is 7.53. The summed E-state index contributed by atoms with van der Waals surface area (Å²) < 4.78 is 15.2. The molecule has 0 aliphatic rings. The molecule has 0 aliphatic carbocycles. The fraction of sp³-hybridized carbons (Fsp3) is 1.00. The van der Waals surface area contributed by atoms with E-state index in [4.69, 9.17) is 2.74 Å². The van der Waals surface area contributed by atoms with Crippen LogP contribution in [0.4, 0.5) is 0 Å². The van der Waals surface area contributed by atoms with Crippen molar-refractivity contribution in [2.75, 3.05) is 26.2 Å². The normalized spacial score (nSPS) is 18.1. The van der Waals surface area contributed by atoms with Crippen LogP contribution in [0.25, 0.3) is 0 Å². The van der Waals surface area contributed by atoms with E-state index in [1.54, 1.807) is 0 Å². The highest BCUT2D eigenvalue weighted by Crippen LogP contribution is 2.24. The molecule has 2 N–H and O–H groups in total. The topological polar surface area (TPSA) is 24.1 Å². The lowest BCUT2D eigenvalue weighted by Gasteiger charge is -2.28. The summed E-state index contributed by atoms with van der Waals surface area (Å²) in [6.45, 7) is 17.9. The van der Waals surface area contributed by atoms with E-state index in [2.05, 4.69) is 52.2 Å². The maximum absolute atomic E-state index is 7.61. The molecule has 0 aromatic rings. The van der Waals surface area contributed by atoms with Gasteiger partial charge in [0.05, 0.1) is 0 Å². The second kappa shape index (κ2) is 7.49. The Kier molecular flexibility index (Phi) is 5.97. The van der Waals surface area contributed by atoms with Crippen molar-refractivity contribution in [2.24, 2.45) is 22.7 Å². The van der Waals surface area contributed by atoms with Gasteiger partial charge in [-0.2, -0.15) is 0 Å². The van der Waals surface area contributed by atoms with Gasteiger partial charge in [-0.3, -0.25) is 0 Å². The van der Waals surface area contributed by atoms with Crippen LogP contribution in [0.15, 0.2) is 0 Å². The average molecular weight is 258 g/mol. The lowest BCUT2D eigenvalue weighted by atomic mass is 9.82. The summed E-state index contributed by atoms with van der Waals surface area (Å²) in [5.41, 5.74) is 0.398. The number of rotatable bonds is 7. The fourth-order valence-electron chi connectivity index (χ4n) is 1.34. The Morgan fingerprint density at radius 1 is 0.778 bits per heavy atom. The molecule has 2 heteroatoms. The summed E-state index contributed by atoms with van der Waals surface area (Å²) in [6, 6.07) is 0. The molecule has 0 spiro atoms. The van der Waals surface area contributed by atoms with Crippen LogP contribution < -0.4 is 10.6 Å². The summed E-state index contributed by atoms with van der Waals surface area (Å²) in [5.74, 6) is 0.802. The molecule has 0 aliphatic heterocycles. The molecule has 0 radical (unpaired) electrons. The minimum Gasteiger partial charge on any atom is -0.315 e. The molecular weight excluding hydrogens is 220 g/mol. The zero-order valence-corrected chi connectivity index (χ0v) is 13.4. The molecule has 0 aromatic carbocycles. The van der Waals surface area contributed by atoms with Gasteiger partial charge in [0.2, 0.25) is 0 Å². The molecule has 2 nitrogen and oxygen atoms in total. The standard InChI is InChI=1S/C16H36N2/c1-13(15(3,4)5)11-17-9-10-18-12-14(2)16(6,7)8/h13-14,17-18H,9-12H2,1-8H3/i1D,2D. The Balaban J connectivity index is 3.77. The van der Waals surface area contributed by atoms with Crippen LogP contribution in [0, 0.1) is 22.7 Å². The molecule has 0 saturated heterocycles. The van der Waals surface area contributed by atoms with Gasteiger partial charge in [0.1, 0.15) is 0 Å². The Labute approximate surface area is 118 Å². The molecular formula is C16H36N2. The molecule has 0 bridgehead atoms. The van der Waals surface area contributed by atoms with Crippen molar-refractivity contribution in [2.45, 2.75) is 55.3 Å². The molecule has 0 amide bonds. The summed E-state index contributed by atoms with van der Waals surface area (Å²) >= 11 is 0. The third-order valence-corrected chi connectivity index (χ3v) is 3.71. The average Bonchev–Trinajstić information content (AvgIpc) is 2.29. The lowest BCUT2D eigenvalue weighted by Crippen LogP contribution is -2.36. The minimum absolute atomic E-state index is 0.199. The van der Waals surface area contributed by atoms with Gasteiger partial charge in [-0.1, -0.05) is 55.3 Å². The Morgan fingerprint density at radius 3 is 1.33 bits per heavy atom. The van der Waals surface area contributed by atoms with Crippen LogP contribution >= 0.6 is 0 Å². The third-order valence-electron chi connectivity index (χ3n) is 3.71. The van der Waals surface area contributed by atoms with Crippen molar-refractivity contribution >= 4 is 0 Å². The molecule has 18 heavy (non-hydrogen) atoms. The maximum atomic E-state index is 7.61. The second-order valence-electron chi connectivity index (χ2n) is 7.53. The molecule has 0 saturated carbocycles. The van der Waals surface area contributed by atoms with Crippen molar-refractivity contribution in [3.05, 3.63) is 0 Å². The first-order chi connectivity index (χ1) is 9.12. The van der Waals surface area contributed by atoms with Gasteiger partial charge in [0.25, 0.3) is 0 Å². The first-order valence-electron chi connectivity index (χ1n) is 8.54. The zero-order chi connectivity index (χ0) is 15.8. The SMILES string of the molecule is [2H]CC(CNCCNCC(C[2H])C(C)(C)C)C(C)(C)C. The van der Waals surface area contributed by atoms with E-state index in [1.165, 1.54) is 0 Å². The van der Waals surface area contributed by atoms with E-state index in [-0.39, 0.29) is 10.8 Å². The molecule has 2 atom stereocenters. The minimum atomic E-state index is 0.199. The van der Waals surface area contributed by atoms with Crippen molar-refractivity contribution < 1.29 is 2.74 Å². The monoisotopic (exact) mass is 258 g/mol. The smallest absolute Gasteiger partial charge is 0.0234 e. The number of hydrogen-bond donors (Lipinski definition) is 2.